The summed E-state index contributed by atoms with van der Waals surface area (Å²) in [5.41, 5.74) is 6.02. The first-order valence-corrected chi connectivity index (χ1v) is 7.47. The number of hydrogen-bond donors (Lipinski definition) is 1. The van der Waals surface area contributed by atoms with Crippen LogP contribution in [0.15, 0.2) is 0 Å². The first-order chi connectivity index (χ1) is 8.41. The van der Waals surface area contributed by atoms with Gasteiger partial charge in [-0.15, -0.1) is 0 Å². The van der Waals surface area contributed by atoms with Crippen molar-refractivity contribution in [3.8, 4) is 0 Å². The van der Waals surface area contributed by atoms with Gasteiger partial charge >= 0.3 is 0 Å². The molecule has 3 heteroatoms. The Morgan fingerprint density at radius 2 is 1.78 bits per heavy atom. The smallest absolute Gasteiger partial charge is 0.240 e. The van der Waals surface area contributed by atoms with Gasteiger partial charge in [0, 0.05) is 12.6 Å². The number of rotatable bonds is 1. The lowest BCUT2D eigenvalue weighted by molar-refractivity contribution is -0.141. The minimum atomic E-state index is -0.363. The van der Waals surface area contributed by atoms with Gasteiger partial charge in [0.05, 0.1) is 6.04 Å². The molecule has 1 amide bonds. The standard InChI is InChI=1S/C15H28N2O/c1-15(2,3)13(16)14(18)17-10-6-8-11-7-4-5-9-12(11)17/h11-13H,4-10,16H2,1-3H3. The summed E-state index contributed by atoms with van der Waals surface area (Å²) in [5.74, 6) is 0.919. The molecule has 0 aromatic carbocycles. The maximum atomic E-state index is 12.6. The molecule has 1 saturated heterocycles. The predicted octanol–water partition coefficient (Wildman–Crippen LogP) is 2.54. The lowest BCUT2D eigenvalue weighted by Crippen LogP contribution is -2.57. The van der Waals surface area contributed by atoms with Crippen molar-refractivity contribution in [2.24, 2.45) is 17.1 Å². The molecule has 1 saturated carbocycles. The second-order valence-electron chi connectivity index (χ2n) is 7.13. The minimum absolute atomic E-state index is 0.140. The summed E-state index contributed by atoms with van der Waals surface area (Å²) in [6.45, 7) is 7.08. The van der Waals surface area contributed by atoms with Crippen LogP contribution in [-0.2, 0) is 4.79 Å². The first-order valence-electron chi connectivity index (χ1n) is 7.47. The van der Waals surface area contributed by atoms with E-state index in [1.54, 1.807) is 0 Å². The second-order valence-corrected chi connectivity index (χ2v) is 7.13. The van der Waals surface area contributed by atoms with Crippen LogP contribution in [0.4, 0.5) is 0 Å². The van der Waals surface area contributed by atoms with E-state index in [4.69, 9.17) is 5.73 Å². The van der Waals surface area contributed by atoms with Gasteiger partial charge in [0.1, 0.15) is 0 Å². The Balaban J connectivity index is 2.09. The van der Waals surface area contributed by atoms with E-state index in [9.17, 15) is 4.79 Å². The van der Waals surface area contributed by atoms with E-state index in [1.807, 2.05) is 0 Å². The third-order valence-corrected chi connectivity index (χ3v) is 4.73. The predicted molar refractivity (Wildman–Crippen MR) is 74.1 cm³/mol. The van der Waals surface area contributed by atoms with E-state index in [0.29, 0.717) is 6.04 Å². The van der Waals surface area contributed by atoms with E-state index in [1.165, 1.54) is 32.1 Å². The van der Waals surface area contributed by atoms with Gasteiger partial charge in [0.15, 0.2) is 0 Å². The average Bonchev–Trinajstić information content (AvgIpc) is 2.35. The molecule has 0 bridgehead atoms. The summed E-state index contributed by atoms with van der Waals surface area (Å²) in [5, 5.41) is 0. The van der Waals surface area contributed by atoms with Crippen LogP contribution in [0.1, 0.15) is 59.3 Å². The molecule has 2 fully saturated rings. The van der Waals surface area contributed by atoms with Crippen molar-refractivity contribution in [3.05, 3.63) is 0 Å². The Hall–Kier alpha value is -0.570. The molecule has 1 heterocycles. The van der Waals surface area contributed by atoms with Gasteiger partial charge in [0.2, 0.25) is 5.91 Å². The first kappa shape index (κ1) is 13.9. The molecule has 2 rings (SSSR count). The van der Waals surface area contributed by atoms with Gasteiger partial charge in [0.25, 0.3) is 0 Å². The van der Waals surface area contributed by atoms with Gasteiger partial charge in [-0.25, -0.2) is 0 Å². The summed E-state index contributed by atoms with van der Waals surface area (Å²) in [7, 11) is 0. The summed E-state index contributed by atoms with van der Waals surface area (Å²) in [6.07, 6.45) is 7.57. The van der Waals surface area contributed by atoms with E-state index < -0.39 is 0 Å². The zero-order chi connectivity index (χ0) is 13.3. The van der Waals surface area contributed by atoms with Crippen LogP contribution < -0.4 is 5.73 Å². The number of carbonyl (C=O) groups is 1. The third-order valence-electron chi connectivity index (χ3n) is 4.73. The van der Waals surface area contributed by atoms with E-state index >= 15 is 0 Å². The molecule has 0 spiro atoms. The van der Waals surface area contributed by atoms with Gasteiger partial charge in [-0.2, -0.15) is 0 Å². The van der Waals surface area contributed by atoms with Crippen LogP contribution in [0, 0.1) is 11.3 Å². The molecule has 0 radical (unpaired) electrons. The largest absolute Gasteiger partial charge is 0.338 e. The maximum Gasteiger partial charge on any atom is 0.240 e. The van der Waals surface area contributed by atoms with Gasteiger partial charge < -0.3 is 10.6 Å². The van der Waals surface area contributed by atoms with Crippen molar-refractivity contribution in [2.75, 3.05) is 6.54 Å². The van der Waals surface area contributed by atoms with E-state index in [-0.39, 0.29) is 17.4 Å². The average molecular weight is 252 g/mol. The fourth-order valence-corrected chi connectivity index (χ4v) is 3.45. The number of nitrogens with two attached hydrogens (primary N) is 1. The number of nitrogens with zero attached hydrogens (tertiary/aromatic N) is 1. The second kappa shape index (κ2) is 5.20. The molecular formula is C15H28N2O. The van der Waals surface area contributed by atoms with Gasteiger partial charge in [-0.3, -0.25) is 4.79 Å². The molecule has 3 atom stereocenters. The lowest BCUT2D eigenvalue weighted by atomic mass is 9.77. The number of piperidine rings is 1. The van der Waals surface area contributed by atoms with Crippen molar-refractivity contribution < 1.29 is 4.79 Å². The fraction of sp³-hybridized carbons (Fsp3) is 0.933. The number of carbonyl (C=O) groups excluding carboxylic acids is 1. The molecule has 18 heavy (non-hydrogen) atoms. The quantitative estimate of drug-likeness (QED) is 0.779. The molecule has 2 aliphatic rings. The Morgan fingerprint density at radius 3 is 2.44 bits per heavy atom. The molecule has 3 unspecified atom stereocenters. The van der Waals surface area contributed by atoms with Crippen LogP contribution in [0.3, 0.4) is 0 Å². The molecular weight excluding hydrogens is 224 g/mol. The number of fused-ring (bicyclic) bond motifs is 1. The highest BCUT2D eigenvalue weighted by Gasteiger charge is 2.39. The van der Waals surface area contributed by atoms with Gasteiger partial charge in [-0.1, -0.05) is 33.6 Å². The van der Waals surface area contributed by atoms with Crippen LogP contribution in [0.2, 0.25) is 0 Å². The number of likely N-dealkylation sites (tertiary alicyclic amines) is 1. The van der Waals surface area contributed by atoms with Crippen LogP contribution in [0.5, 0.6) is 0 Å². The normalized spacial score (nSPS) is 30.8. The molecule has 1 aliphatic heterocycles. The summed E-state index contributed by atoms with van der Waals surface area (Å²) < 4.78 is 0. The summed E-state index contributed by atoms with van der Waals surface area (Å²) in [6, 6.07) is 0.117. The monoisotopic (exact) mass is 252 g/mol. The maximum absolute atomic E-state index is 12.6. The Morgan fingerprint density at radius 1 is 1.17 bits per heavy atom. The molecule has 2 N–H and O–H groups in total. The molecule has 0 aromatic heterocycles. The summed E-state index contributed by atoms with van der Waals surface area (Å²) >= 11 is 0. The highest BCUT2D eigenvalue weighted by Crippen LogP contribution is 2.36. The Labute approximate surface area is 111 Å². The van der Waals surface area contributed by atoms with Crippen molar-refractivity contribution in [2.45, 2.75) is 71.4 Å². The van der Waals surface area contributed by atoms with Crippen molar-refractivity contribution in [1.29, 1.82) is 0 Å². The van der Waals surface area contributed by atoms with Crippen molar-refractivity contribution in [3.63, 3.8) is 0 Å². The van der Waals surface area contributed by atoms with E-state index in [0.717, 1.165) is 18.9 Å². The van der Waals surface area contributed by atoms with Crippen molar-refractivity contribution in [1.82, 2.24) is 4.90 Å². The minimum Gasteiger partial charge on any atom is -0.338 e. The van der Waals surface area contributed by atoms with Crippen molar-refractivity contribution >= 4 is 5.91 Å². The molecule has 0 aromatic rings. The topological polar surface area (TPSA) is 46.3 Å². The summed E-state index contributed by atoms with van der Waals surface area (Å²) in [4.78, 5) is 14.7. The molecule has 104 valence electrons. The SMILES string of the molecule is CC(C)(C)C(N)C(=O)N1CCCC2CCCCC21. The highest BCUT2D eigenvalue weighted by atomic mass is 16.2. The molecule has 1 aliphatic carbocycles. The Bertz CT molecular complexity index is 306. The molecule has 3 nitrogen and oxygen atoms in total. The zero-order valence-electron chi connectivity index (χ0n) is 12.1. The van der Waals surface area contributed by atoms with E-state index in [2.05, 4.69) is 25.7 Å². The zero-order valence-corrected chi connectivity index (χ0v) is 12.1. The Kier molecular flexibility index (Phi) is 4.00. The third kappa shape index (κ3) is 2.71. The van der Waals surface area contributed by atoms with Crippen LogP contribution in [-0.4, -0.2) is 29.4 Å². The van der Waals surface area contributed by atoms with Crippen LogP contribution >= 0.6 is 0 Å². The lowest BCUT2D eigenvalue weighted by Gasteiger charge is -2.46. The van der Waals surface area contributed by atoms with Crippen LogP contribution in [0.25, 0.3) is 0 Å². The fourth-order valence-electron chi connectivity index (χ4n) is 3.45. The number of amides is 1. The number of hydrogen-bond acceptors (Lipinski definition) is 2. The highest BCUT2D eigenvalue weighted by molar-refractivity contribution is 5.83. The van der Waals surface area contributed by atoms with Gasteiger partial charge in [-0.05, 0) is 37.0 Å².